The van der Waals surface area contributed by atoms with Gasteiger partial charge < -0.3 is 15.2 Å². The molecule has 3 aromatic rings. The number of alkyl halides is 3. The number of amides is 1. The molecule has 0 aliphatic carbocycles. The highest BCUT2D eigenvalue weighted by atomic mass is 35.5. The summed E-state index contributed by atoms with van der Waals surface area (Å²) in [7, 11) is 1.26. The SMILES string of the molecule is Cn1c(CO)nn(-c2cc(O[C@@H](CF)C(F)F)c(C(=O)Nc3c(Cl)cccc3Cl)cc2F)c1=O. The molecule has 1 atom stereocenters. The number of rotatable bonds is 8. The van der Waals surface area contributed by atoms with Crippen LogP contribution in [0.15, 0.2) is 35.1 Å². The van der Waals surface area contributed by atoms with Gasteiger partial charge in [0.05, 0.1) is 21.3 Å². The van der Waals surface area contributed by atoms with Crippen molar-refractivity contribution in [1.82, 2.24) is 14.3 Å². The Kier molecular flexibility index (Phi) is 7.85. The first kappa shape index (κ1) is 25.5. The Labute approximate surface area is 199 Å². The molecule has 1 heterocycles. The summed E-state index contributed by atoms with van der Waals surface area (Å²) < 4.78 is 60.9. The van der Waals surface area contributed by atoms with Crippen molar-refractivity contribution in [3.63, 3.8) is 0 Å². The minimum Gasteiger partial charge on any atom is -0.481 e. The number of halogens is 6. The summed E-state index contributed by atoms with van der Waals surface area (Å²) in [6.07, 6.45) is -5.58. The predicted octanol–water partition coefficient (Wildman–Crippen LogP) is 3.74. The number of nitrogens with one attached hydrogen (secondary N) is 1. The third-order valence-electron chi connectivity index (χ3n) is 4.65. The van der Waals surface area contributed by atoms with Gasteiger partial charge in [-0.1, -0.05) is 29.3 Å². The van der Waals surface area contributed by atoms with Crippen LogP contribution < -0.4 is 15.7 Å². The maximum atomic E-state index is 15.0. The lowest BCUT2D eigenvalue weighted by molar-refractivity contribution is -0.00158. The number of hydrogen-bond donors (Lipinski definition) is 2. The van der Waals surface area contributed by atoms with E-state index < -0.39 is 60.2 Å². The number of anilines is 1. The number of carbonyl (C=O) groups excluding carboxylic acids is 1. The van der Waals surface area contributed by atoms with Crippen molar-refractivity contribution in [2.24, 2.45) is 7.05 Å². The van der Waals surface area contributed by atoms with E-state index in [1.54, 1.807) is 0 Å². The first-order chi connectivity index (χ1) is 16.1. The Morgan fingerprint density at radius 1 is 1.26 bits per heavy atom. The summed E-state index contributed by atoms with van der Waals surface area (Å²) in [4.78, 5) is 25.3. The number of aliphatic hydroxyl groups excluding tert-OH is 1. The van der Waals surface area contributed by atoms with E-state index in [4.69, 9.17) is 27.9 Å². The maximum Gasteiger partial charge on any atom is 0.350 e. The summed E-state index contributed by atoms with van der Waals surface area (Å²) >= 11 is 12.0. The number of nitrogens with zero attached hydrogens (tertiary/aromatic N) is 3. The van der Waals surface area contributed by atoms with Crippen molar-refractivity contribution in [3.8, 4) is 11.4 Å². The number of carbonyl (C=O) groups is 1. The van der Waals surface area contributed by atoms with Crippen molar-refractivity contribution in [3.05, 3.63) is 68.1 Å². The Bertz CT molecular complexity index is 1260. The van der Waals surface area contributed by atoms with Gasteiger partial charge in [-0.3, -0.25) is 9.36 Å². The Morgan fingerprint density at radius 2 is 1.91 bits per heavy atom. The van der Waals surface area contributed by atoms with Crippen molar-refractivity contribution in [2.75, 3.05) is 12.0 Å². The van der Waals surface area contributed by atoms with Gasteiger partial charge in [0.2, 0.25) is 0 Å². The fourth-order valence-electron chi connectivity index (χ4n) is 2.86. The Morgan fingerprint density at radius 3 is 2.44 bits per heavy atom. The maximum absolute atomic E-state index is 15.0. The topological polar surface area (TPSA) is 98.4 Å². The van der Waals surface area contributed by atoms with Gasteiger partial charge in [-0.25, -0.2) is 22.4 Å². The molecule has 0 aliphatic rings. The van der Waals surface area contributed by atoms with Crippen molar-refractivity contribution in [1.29, 1.82) is 0 Å². The molecule has 0 spiro atoms. The van der Waals surface area contributed by atoms with Gasteiger partial charge in [-0.15, -0.1) is 5.10 Å². The molecule has 0 radical (unpaired) electrons. The molecule has 1 aromatic heterocycles. The average molecular weight is 523 g/mol. The number of ether oxygens (including phenoxy) is 1. The molecule has 182 valence electrons. The third-order valence-corrected chi connectivity index (χ3v) is 5.28. The summed E-state index contributed by atoms with van der Waals surface area (Å²) in [6, 6.07) is 5.67. The molecule has 1 amide bonds. The van der Waals surface area contributed by atoms with E-state index in [2.05, 4.69) is 10.4 Å². The zero-order valence-corrected chi connectivity index (χ0v) is 18.7. The van der Waals surface area contributed by atoms with Gasteiger partial charge in [0.1, 0.15) is 30.5 Å². The van der Waals surface area contributed by atoms with Crippen LogP contribution >= 0.6 is 23.2 Å². The van der Waals surface area contributed by atoms with E-state index in [-0.39, 0.29) is 21.6 Å². The Balaban J connectivity index is 2.14. The highest BCUT2D eigenvalue weighted by Crippen LogP contribution is 2.32. The summed E-state index contributed by atoms with van der Waals surface area (Å²) in [5.74, 6) is -3.02. The standard InChI is InChI=1S/C20H16Cl2F4N4O4/c1-29-16(8-31)28-30(20(29)33)13-6-14(34-15(7-23)18(25)26)9(5-12(13)24)19(32)27-17-10(21)3-2-4-11(17)22/h2-6,15,18,31H,7-8H2,1H3,(H,27,32)/t15-/m0/s1. The predicted molar refractivity (Wildman–Crippen MR) is 115 cm³/mol. The van der Waals surface area contributed by atoms with Crippen LogP contribution in [0.5, 0.6) is 5.75 Å². The number of aliphatic hydroxyl groups is 1. The van der Waals surface area contributed by atoms with E-state index in [1.807, 2.05) is 0 Å². The highest BCUT2D eigenvalue weighted by Gasteiger charge is 2.28. The lowest BCUT2D eigenvalue weighted by atomic mass is 10.1. The summed E-state index contributed by atoms with van der Waals surface area (Å²) in [6.45, 7) is -2.28. The lowest BCUT2D eigenvalue weighted by Gasteiger charge is -2.19. The second-order valence-corrected chi connectivity index (χ2v) is 7.64. The van der Waals surface area contributed by atoms with Crippen LogP contribution in [0.4, 0.5) is 23.2 Å². The van der Waals surface area contributed by atoms with Gasteiger partial charge in [0, 0.05) is 13.1 Å². The fraction of sp³-hybridized carbons (Fsp3) is 0.250. The van der Waals surface area contributed by atoms with Gasteiger partial charge >= 0.3 is 5.69 Å². The van der Waals surface area contributed by atoms with Gasteiger partial charge in [-0.05, 0) is 18.2 Å². The molecular weight excluding hydrogens is 507 g/mol. The zero-order chi connectivity index (χ0) is 25.2. The van der Waals surface area contributed by atoms with Crippen LogP contribution in [-0.4, -0.2) is 44.6 Å². The molecule has 2 aromatic carbocycles. The monoisotopic (exact) mass is 522 g/mol. The molecule has 0 fully saturated rings. The first-order valence-electron chi connectivity index (χ1n) is 9.44. The second kappa shape index (κ2) is 10.5. The van der Waals surface area contributed by atoms with Crippen molar-refractivity contribution in [2.45, 2.75) is 19.1 Å². The average Bonchev–Trinajstić information content (AvgIpc) is 3.08. The van der Waals surface area contributed by atoms with Gasteiger partial charge in [-0.2, -0.15) is 4.68 Å². The summed E-state index contributed by atoms with van der Waals surface area (Å²) in [5.41, 5.74) is -2.13. The van der Waals surface area contributed by atoms with E-state index in [1.165, 1.54) is 25.2 Å². The zero-order valence-electron chi connectivity index (χ0n) is 17.2. The molecule has 0 saturated heterocycles. The van der Waals surface area contributed by atoms with Crippen LogP contribution in [0, 0.1) is 5.82 Å². The molecule has 0 bridgehead atoms. The van der Waals surface area contributed by atoms with Gasteiger partial charge in [0.15, 0.2) is 11.9 Å². The number of aromatic nitrogens is 3. The van der Waals surface area contributed by atoms with E-state index in [9.17, 15) is 32.3 Å². The minimum atomic E-state index is -3.29. The van der Waals surface area contributed by atoms with Crippen LogP contribution in [-0.2, 0) is 13.7 Å². The van der Waals surface area contributed by atoms with Crippen molar-refractivity contribution < 1.29 is 32.2 Å². The van der Waals surface area contributed by atoms with Crippen LogP contribution in [0.3, 0.4) is 0 Å². The summed E-state index contributed by atoms with van der Waals surface area (Å²) in [5, 5.41) is 15.4. The molecule has 34 heavy (non-hydrogen) atoms. The number of benzene rings is 2. The molecular formula is C20H16Cl2F4N4O4. The first-order valence-corrected chi connectivity index (χ1v) is 10.2. The highest BCUT2D eigenvalue weighted by molar-refractivity contribution is 6.40. The largest absolute Gasteiger partial charge is 0.481 e. The lowest BCUT2D eigenvalue weighted by Crippen LogP contribution is -2.29. The van der Waals surface area contributed by atoms with E-state index in [0.29, 0.717) is 10.7 Å². The normalized spacial score (nSPS) is 12.1. The molecule has 2 N–H and O–H groups in total. The van der Waals surface area contributed by atoms with Crippen LogP contribution in [0.1, 0.15) is 16.2 Å². The fourth-order valence-corrected chi connectivity index (χ4v) is 3.36. The van der Waals surface area contributed by atoms with Crippen LogP contribution in [0.25, 0.3) is 5.69 Å². The smallest absolute Gasteiger partial charge is 0.350 e. The Hall–Kier alpha value is -3.09. The number of para-hydroxylation sites is 1. The molecule has 8 nitrogen and oxygen atoms in total. The van der Waals surface area contributed by atoms with E-state index >= 15 is 0 Å². The van der Waals surface area contributed by atoms with Crippen LogP contribution in [0.2, 0.25) is 10.0 Å². The minimum absolute atomic E-state index is 0.0335. The van der Waals surface area contributed by atoms with Gasteiger partial charge in [0.25, 0.3) is 12.3 Å². The molecule has 3 rings (SSSR count). The quantitative estimate of drug-likeness (QED) is 0.439. The second-order valence-electron chi connectivity index (χ2n) is 6.82. The molecule has 14 heteroatoms. The molecule has 0 saturated carbocycles. The van der Waals surface area contributed by atoms with E-state index in [0.717, 1.165) is 10.6 Å². The molecule has 0 aliphatic heterocycles. The number of hydrogen-bond acceptors (Lipinski definition) is 5. The van der Waals surface area contributed by atoms with Crippen molar-refractivity contribution >= 4 is 34.8 Å². The third kappa shape index (κ3) is 5.03. The molecule has 0 unspecified atom stereocenters.